The number of carboxylic acid groups (broad SMARTS) is 1. The van der Waals surface area contributed by atoms with Gasteiger partial charge in [0.05, 0.1) is 4.92 Å². The lowest BCUT2D eigenvalue weighted by Crippen LogP contribution is -2.42. The molecule has 116 valence electrons. The Bertz CT molecular complexity index is 566. The third-order valence-electron chi connectivity index (χ3n) is 3.03. The lowest BCUT2D eigenvalue weighted by Gasteiger charge is -2.13. The molecule has 9 heteroatoms. The third-order valence-corrected chi connectivity index (χ3v) is 3.03. The van der Waals surface area contributed by atoms with Crippen molar-refractivity contribution in [1.82, 2.24) is 15.1 Å². The minimum atomic E-state index is -1.11. The van der Waals surface area contributed by atoms with Crippen LogP contribution >= 0.6 is 0 Å². The predicted octanol–water partition coefficient (Wildman–Crippen LogP) is 0.778. The largest absolute Gasteiger partial charge is 0.480 e. The Morgan fingerprint density at radius 1 is 1.48 bits per heavy atom. The molecular weight excluding hydrogens is 280 g/mol. The highest BCUT2D eigenvalue weighted by atomic mass is 16.6. The molecule has 1 amide bonds. The normalized spacial score (nSPS) is 12.0. The van der Waals surface area contributed by atoms with E-state index in [0.717, 1.165) is 0 Å². The molecule has 1 aromatic heterocycles. The van der Waals surface area contributed by atoms with Crippen LogP contribution < -0.4 is 5.32 Å². The van der Waals surface area contributed by atoms with Gasteiger partial charge in [0.1, 0.15) is 24.0 Å². The number of carbonyl (C=O) groups is 2. The summed E-state index contributed by atoms with van der Waals surface area (Å²) in [6, 6.07) is -0.963. The molecule has 0 fully saturated rings. The van der Waals surface area contributed by atoms with E-state index in [0.29, 0.717) is 12.8 Å². The number of nitrogens with one attached hydrogen (secondary N) is 1. The van der Waals surface area contributed by atoms with Gasteiger partial charge in [0, 0.05) is 0 Å². The molecule has 9 nitrogen and oxygen atoms in total. The summed E-state index contributed by atoms with van der Waals surface area (Å²) in [5.74, 6) is -1.65. The molecule has 1 heterocycles. The Labute approximate surface area is 121 Å². The van der Waals surface area contributed by atoms with Crippen molar-refractivity contribution in [1.29, 1.82) is 0 Å². The summed E-state index contributed by atoms with van der Waals surface area (Å²) in [4.78, 5) is 33.1. The smallest absolute Gasteiger partial charge is 0.326 e. The molecule has 0 aliphatic carbocycles. The second-order valence-corrected chi connectivity index (χ2v) is 4.68. The maximum absolute atomic E-state index is 11.8. The molecule has 2 N–H and O–H groups in total. The molecule has 1 rings (SSSR count). The van der Waals surface area contributed by atoms with Crippen LogP contribution in [0.4, 0.5) is 5.69 Å². The molecule has 1 aromatic rings. The summed E-state index contributed by atoms with van der Waals surface area (Å²) in [6.45, 7) is 4.53. The van der Waals surface area contributed by atoms with E-state index in [1.807, 2.05) is 6.92 Å². The first-order valence-corrected chi connectivity index (χ1v) is 6.48. The number of nitro groups is 1. The maximum atomic E-state index is 11.8. The Morgan fingerprint density at radius 2 is 2.10 bits per heavy atom. The van der Waals surface area contributed by atoms with Crippen molar-refractivity contribution in [3.05, 3.63) is 21.5 Å². The lowest BCUT2D eigenvalue weighted by molar-refractivity contribution is -0.386. The van der Waals surface area contributed by atoms with Gasteiger partial charge < -0.3 is 10.4 Å². The Morgan fingerprint density at radius 3 is 2.52 bits per heavy atom. The first-order chi connectivity index (χ1) is 9.77. The van der Waals surface area contributed by atoms with E-state index < -0.39 is 22.8 Å². The summed E-state index contributed by atoms with van der Waals surface area (Å²) in [5.41, 5.74) is 0.342. The maximum Gasteiger partial charge on any atom is 0.326 e. The summed E-state index contributed by atoms with van der Waals surface area (Å²) >= 11 is 0. The molecule has 21 heavy (non-hydrogen) atoms. The fourth-order valence-corrected chi connectivity index (χ4v) is 2.03. The van der Waals surface area contributed by atoms with Crippen LogP contribution in [0.5, 0.6) is 0 Å². The van der Waals surface area contributed by atoms with Crippen LogP contribution in [0.15, 0.2) is 0 Å². The minimum absolute atomic E-state index is 0.133. The van der Waals surface area contributed by atoms with Crippen LogP contribution in [-0.4, -0.2) is 37.7 Å². The lowest BCUT2D eigenvalue weighted by atomic mass is 10.1. The first-order valence-electron chi connectivity index (χ1n) is 6.48. The number of aliphatic carboxylic acids is 1. The molecule has 0 radical (unpaired) electrons. The Hall–Kier alpha value is -2.45. The van der Waals surface area contributed by atoms with Gasteiger partial charge in [0.2, 0.25) is 5.91 Å². The standard InChI is InChI=1S/C12H18N4O5/c1-4-5-9(12(18)19)13-10(17)6-15-8(3)11(16(20)21)7(2)14-15/h9H,4-6H2,1-3H3,(H,13,17)(H,18,19)/t9-/m0/s1. The highest BCUT2D eigenvalue weighted by Crippen LogP contribution is 2.21. The quantitative estimate of drug-likeness (QED) is 0.565. The molecule has 1 atom stereocenters. The van der Waals surface area contributed by atoms with Crippen molar-refractivity contribution in [2.45, 2.75) is 46.2 Å². The summed E-state index contributed by atoms with van der Waals surface area (Å²) in [7, 11) is 0. The second kappa shape index (κ2) is 6.82. The van der Waals surface area contributed by atoms with Gasteiger partial charge in [-0.05, 0) is 20.3 Å². The fourth-order valence-electron chi connectivity index (χ4n) is 2.03. The molecule has 0 aliphatic heterocycles. The first kappa shape index (κ1) is 16.6. The van der Waals surface area contributed by atoms with Gasteiger partial charge in [-0.2, -0.15) is 5.10 Å². The number of amides is 1. The Balaban J connectivity index is 2.82. The van der Waals surface area contributed by atoms with Crippen molar-refractivity contribution >= 4 is 17.6 Å². The predicted molar refractivity (Wildman–Crippen MR) is 72.8 cm³/mol. The van der Waals surface area contributed by atoms with Gasteiger partial charge in [0.15, 0.2) is 0 Å². The van der Waals surface area contributed by atoms with E-state index in [1.165, 1.54) is 18.5 Å². The number of carbonyl (C=O) groups excluding carboxylic acids is 1. The van der Waals surface area contributed by atoms with Crippen molar-refractivity contribution in [3.63, 3.8) is 0 Å². The molecule has 0 aliphatic rings. The van der Waals surface area contributed by atoms with Crippen LogP contribution in [-0.2, 0) is 16.1 Å². The zero-order valence-electron chi connectivity index (χ0n) is 12.1. The van der Waals surface area contributed by atoms with E-state index in [4.69, 9.17) is 5.11 Å². The number of rotatable bonds is 7. The molecule has 0 spiro atoms. The van der Waals surface area contributed by atoms with Gasteiger partial charge in [0.25, 0.3) is 0 Å². The van der Waals surface area contributed by atoms with Crippen molar-refractivity contribution in [2.75, 3.05) is 0 Å². The van der Waals surface area contributed by atoms with E-state index in [-0.39, 0.29) is 23.6 Å². The van der Waals surface area contributed by atoms with Gasteiger partial charge >= 0.3 is 11.7 Å². The number of carboxylic acids is 1. The molecule has 0 unspecified atom stereocenters. The zero-order chi connectivity index (χ0) is 16.2. The summed E-state index contributed by atoms with van der Waals surface area (Å²) in [6.07, 6.45) is 0.932. The van der Waals surface area contributed by atoms with Gasteiger partial charge in [-0.1, -0.05) is 13.3 Å². The number of hydrogen-bond acceptors (Lipinski definition) is 5. The van der Waals surface area contributed by atoms with Crippen molar-refractivity contribution < 1.29 is 19.6 Å². The van der Waals surface area contributed by atoms with Gasteiger partial charge in [-0.15, -0.1) is 0 Å². The number of aryl methyl sites for hydroxylation is 1. The van der Waals surface area contributed by atoms with Gasteiger partial charge in [-0.25, -0.2) is 4.79 Å². The highest BCUT2D eigenvalue weighted by molar-refractivity contribution is 5.83. The van der Waals surface area contributed by atoms with E-state index in [9.17, 15) is 19.7 Å². The average Bonchev–Trinajstić information content (AvgIpc) is 2.63. The second-order valence-electron chi connectivity index (χ2n) is 4.68. The third kappa shape index (κ3) is 4.01. The average molecular weight is 298 g/mol. The summed E-state index contributed by atoms with van der Waals surface area (Å²) < 4.78 is 1.20. The van der Waals surface area contributed by atoms with Crippen molar-refractivity contribution in [3.8, 4) is 0 Å². The topological polar surface area (TPSA) is 127 Å². The molecule has 0 saturated heterocycles. The number of hydrogen-bond donors (Lipinski definition) is 2. The minimum Gasteiger partial charge on any atom is -0.480 e. The monoisotopic (exact) mass is 298 g/mol. The van der Waals surface area contributed by atoms with Crippen molar-refractivity contribution in [2.24, 2.45) is 0 Å². The van der Waals surface area contributed by atoms with Crippen LogP contribution in [0.2, 0.25) is 0 Å². The molecule has 0 bridgehead atoms. The number of nitrogens with zero attached hydrogens (tertiary/aromatic N) is 3. The molecule has 0 aromatic carbocycles. The number of aromatic nitrogens is 2. The van der Waals surface area contributed by atoms with E-state index >= 15 is 0 Å². The van der Waals surface area contributed by atoms with E-state index in [1.54, 1.807) is 0 Å². The van der Waals surface area contributed by atoms with Crippen LogP contribution in [0.1, 0.15) is 31.2 Å². The molecular formula is C12H18N4O5. The highest BCUT2D eigenvalue weighted by Gasteiger charge is 2.24. The zero-order valence-corrected chi connectivity index (χ0v) is 12.1. The van der Waals surface area contributed by atoms with Crippen LogP contribution in [0.3, 0.4) is 0 Å². The SMILES string of the molecule is CCC[C@H](NC(=O)Cn1nc(C)c([N+](=O)[O-])c1C)C(=O)O. The van der Waals surface area contributed by atoms with E-state index in [2.05, 4.69) is 10.4 Å². The van der Waals surface area contributed by atoms with Crippen LogP contribution in [0, 0.1) is 24.0 Å². The summed E-state index contributed by atoms with van der Waals surface area (Å²) in [5, 5.41) is 26.2. The van der Waals surface area contributed by atoms with Crippen LogP contribution in [0.25, 0.3) is 0 Å². The van der Waals surface area contributed by atoms with Gasteiger partial charge in [-0.3, -0.25) is 19.6 Å². The molecule has 0 saturated carbocycles. The fraction of sp³-hybridized carbons (Fsp3) is 0.583. The Kier molecular flexibility index (Phi) is 5.39.